The van der Waals surface area contributed by atoms with Crippen LogP contribution in [0.15, 0.2) is 12.7 Å². The van der Waals surface area contributed by atoms with Gasteiger partial charge in [0.05, 0.1) is 17.9 Å². The smallest absolute Gasteiger partial charge is 0.312 e. The summed E-state index contributed by atoms with van der Waals surface area (Å²) in [5, 5.41) is 8.84. The molecule has 2 heterocycles. The molecule has 0 fully saturated rings. The predicted octanol–water partition coefficient (Wildman–Crippen LogP) is 1.38. The highest BCUT2D eigenvalue weighted by molar-refractivity contribution is 5.85. The van der Waals surface area contributed by atoms with Crippen molar-refractivity contribution in [1.82, 2.24) is 19.9 Å². The highest BCUT2D eigenvalue weighted by Crippen LogP contribution is 2.18. The van der Waals surface area contributed by atoms with Crippen molar-refractivity contribution in [2.24, 2.45) is 0 Å². The zero-order chi connectivity index (χ0) is 10.1. The van der Waals surface area contributed by atoms with Crippen molar-refractivity contribution in [2.45, 2.75) is 12.8 Å². The lowest BCUT2D eigenvalue weighted by atomic mass is 10.1. The van der Waals surface area contributed by atoms with Gasteiger partial charge in [-0.25, -0.2) is 15.0 Å². The summed E-state index contributed by atoms with van der Waals surface area (Å²) in [6, 6.07) is 0. The number of aromatic nitrogens is 4. The molecular formula is C8H10Cl2N4O2. The molecule has 88 valence electrons. The van der Waals surface area contributed by atoms with Gasteiger partial charge in [-0.05, 0) is 6.92 Å². The number of fused-ring (bicyclic) bond motifs is 1. The SMILES string of the molecule is CC(C(=O)O)c1ncnc2nc[nH]c12.Cl.Cl. The molecule has 6 nitrogen and oxygen atoms in total. The second-order valence-corrected chi connectivity index (χ2v) is 2.92. The van der Waals surface area contributed by atoms with Crippen molar-refractivity contribution < 1.29 is 9.90 Å². The van der Waals surface area contributed by atoms with Crippen LogP contribution in [-0.4, -0.2) is 31.0 Å². The van der Waals surface area contributed by atoms with Crippen molar-refractivity contribution in [3.8, 4) is 0 Å². The molecule has 2 rings (SSSR count). The number of carbonyl (C=O) groups is 1. The van der Waals surface area contributed by atoms with Crippen LogP contribution in [0.4, 0.5) is 0 Å². The first kappa shape index (κ1) is 14.6. The predicted molar refractivity (Wildman–Crippen MR) is 62.2 cm³/mol. The summed E-state index contributed by atoms with van der Waals surface area (Å²) in [4.78, 5) is 25.4. The Balaban J connectivity index is 0.00000112. The summed E-state index contributed by atoms with van der Waals surface area (Å²) in [7, 11) is 0. The lowest BCUT2D eigenvalue weighted by molar-refractivity contribution is -0.138. The van der Waals surface area contributed by atoms with Gasteiger partial charge in [-0.15, -0.1) is 24.8 Å². The van der Waals surface area contributed by atoms with Gasteiger partial charge in [0.2, 0.25) is 0 Å². The van der Waals surface area contributed by atoms with Crippen LogP contribution < -0.4 is 0 Å². The molecular weight excluding hydrogens is 255 g/mol. The van der Waals surface area contributed by atoms with Gasteiger partial charge in [0.25, 0.3) is 0 Å². The number of hydrogen-bond acceptors (Lipinski definition) is 4. The Labute approximate surface area is 103 Å². The Morgan fingerprint density at radius 2 is 2.06 bits per heavy atom. The minimum atomic E-state index is -0.917. The van der Waals surface area contributed by atoms with E-state index in [2.05, 4.69) is 19.9 Å². The highest BCUT2D eigenvalue weighted by atomic mass is 35.5. The van der Waals surface area contributed by atoms with E-state index in [1.54, 1.807) is 6.92 Å². The monoisotopic (exact) mass is 264 g/mol. The van der Waals surface area contributed by atoms with Gasteiger partial charge in [0.15, 0.2) is 5.65 Å². The molecule has 0 bridgehead atoms. The summed E-state index contributed by atoms with van der Waals surface area (Å²) >= 11 is 0. The molecule has 0 aliphatic rings. The second-order valence-electron chi connectivity index (χ2n) is 2.92. The number of nitrogens with one attached hydrogen (secondary N) is 1. The zero-order valence-corrected chi connectivity index (χ0v) is 9.88. The van der Waals surface area contributed by atoms with Crippen LogP contribution in [-0.2, 0) is 4.79 Å². The molecule has 2 aromatic heterocycles. The van der Waals surface area contributed by atoms with Crippen LogP contribution >= 0.6 is 24.8 Å². The fraction of sp³-hybridized carbons (Fsp3) is 0.250. The zero-order valence-electron chi connectivity index (χ0n) is 8.25. The van der Waals surface area contributed by atoms with Gasteiger partial charge in [0.1, 0.15) is 11.8 Å². The van der Waals surface area contributed by atoms with Crippen molar-refractivity contribution in [3.05, 3.63) is 18.3 Å². The van der Waals surface area contributed by atoms with E-state index in [9.17, 15) is 4.79 Å². The molecule has 0 radical (unpaired) electrons. The van der Waals surface area contributed by atoms with Crippen molar-refractivity contribution in [3.63, 3.8) is 0 Å². The number of aliphatic carboxylic acids is 1. The molecule has 0 aliphatic heterocycles. The van der Waals surface area contributed by atoms with E-state index in [-0.39, 0.29) is 24.8 Å². The fourth-order valence-electron chi connectivity index (χ4n) is 1.23. The van der Waals surface area contributed by atoms with Crippen molar-refractivity contribution >= 4 is 41.9 Å². The van der Waals surface area contributed by atoms with Crippen molar-refractivity contribution in [2.75, 3.05) is 0 Å². The first-order valence-corrected chi connectivity index (χ1v) is 4.07. The minimum absolute atomic E-state index is 0. The quantitative estimate of drug-likeness (QED) is 0.855. The third-order valence-electron chi connectivity index (χ3n) is 2.03. The molecule has 2 N–H and O–H groups in total. The summed E-state index contributed by atoms with van der Waals surface area (Å²) in [5.41, 5.74) is 1.53. The molecule has 1 atom stereocenters. The summed E-state index contributed by atoms with van der Waals surface area (Å²) < 4.78 is 0. The van der Waals surface area contributed by atoms with E-state index in [4.69, 9.17) is 5.11 Å². The van der Waals surface area contributed by atoms with Crippen LogP contribution in [0.25, 0.3) is 11.2 Å². The summed E-state index contributed by atoms with van der Waals surface area (Å²) in [6.07, 6.45) is 2.79. The number of H-pyrrole nitrogens is 1. The molecule has 0 saturated carbocycles. The maximum atomic E-state index is 10.8. The van der Waals surface area contributed by atoms with E-state index in [1.807, 2.05) is 0 Å². The molecule has 1 unspecified atom stereocenters. The van der Waals surface area contributed by atoms with E-state index in [0.717, 1.165) is 0 Å². The molecule has 0 saturated heterocycles. The van der Waals surface area contributed by atoms with E-state index < -0.39 is 11.9 Å². The average Bonchev–Trinajstić information content (AvgIpc) is 2.63. The normalized spacial score (nSPS) is 11.3. The van der Waals surface area contributed by atoms with Gasteiger partial charge in [-0.3, -0.25) is 4.79 Å². The van der Waals surface area contributed by atoms with E-state index in [1.165, 1.54) is 12.7 Å². The van der Waals surface area contributed by atoms with E-state index in [0.29, 0.717) is 16.9 Å². The van der Waals surface area contributed by atoms with Gasteiger partial charge >= 0.3 is 5.97 Å². The molecule has 0 aliphatic carbocycles. The summed E-state index contributed by atoms with van der Waals surface area (Å²) in [6.45, 7) is 1.57. The minimum Gasteiger partial charge on any atom is -0.481 e. The Hall–Kier alpha value is -1.40. The first-order chi connectivity index (χ1) is 6.70. The van der Waals surface area contributed by atoms with Crippen molar-refractivity contribution in [1.29, 1.82) is 0 Å². The fourth-order valence-corrected chi connectivity index (χ4v) is 1.23. The number of carboxylic acids is 1. The topological polar surface area (TPSA) is 91.8 Å². The maximum Gasteiger partial charge on any atom is 0.312 e. The Bertz CT molecular complexity index is 488. The molecule has 0 aromatic carbocycles. The van der Waals surface area contributed by atoms with Crippen LogP contribution in [0.2, 0.25) is 0 Å². The Morgan fingerprint density at radius 3 is 2.69 bits per heavy atom. The van der Waals surface area contributed by atoms with Gasteiger partial charge in [-0.2, -0.15) is 0 Å². The average molecular weight is 265 g/mol. The number of imidazole rings is 1. The number of hydrogen-bond donors (Lipinski definition) is 2. The third-order valence-corrected chi connectivity index (χ3v) is 2.03. The van der Waals surface area contributed by atoms with Crippen LogP contribution in [0.1, 0.15) is 18.5 Å². The number of carboxylic acid groups (broad SMARTS) is 1. The first-order valence-electron chi connectivity index (χ1n) is 4.07. The molecule has 0 amide bonds. The third kappa shape index (κ3) is 2.40. The van der Waals surface area contributed by atoms with Gasteiger partial charge < -0.3 is 10.1 Å². The van der Waals surface area contributed by atoms with Gasteiger partial charge in [0, 0.05) is 0 Å². The molecule has 16 heavy (non-hydrogen) atoms. The number of rotatable bonds is 2. The summed E-state index contributed by atoms with van der Waals surface area (Å²) in [5.74, 6) is -1.58. The number of aromatic amines is 1. The maximum absolute atomic E-state index is 10.8. The standard InChI is InChI=1S/C8H8N4O2.2ClH/c1-4(8(13)14)5-6-7(11-2-9-5)12-3-10-6;;/h2-4H,1H3,(H,13,14)(H,9,10,11,12);2*1H. The largest absolute Gasteiger partial charge is 0.481 e. The van der Waals surface area contributed by atoms with Crippen LogP contribution in [0, 0.1) is 0 Å². The lowest BCUT2D eigenvalue weighted by Gasteiger charge is -2.04. The Morgan fingerprint density at radius 1 is 1.38 bits per heavy atom. The molecule has 0 spiro atoms. The van der Waals surface area contributed by atoms with E-state index >= 15 is 0 Å². The number of nitrogens with zero attached hydrogens (tertiary/aromatic N) is 3. The molecule has 2 aromatic rings. The Kier molecular flexibility index (Phi) is 5.13. The lowest BCUT2D eigenvalue weighted by Crippen LogP contribution is -2.10. The number of halogens is 2. The van der Waals surface area contributed by atoms with Gasteiger partial charge in [-0.1, -0.05) is 0 Å². The molecule has 8 heteroatoms. The van der Waals surface area contributed by atoms with Crippen LogP contribution in [0.3, 0.4) is 0 Å². The highest BCUT2D eigenvalue weighted by Gasteiger charge is 2.19. The second kappa shape index (κ2) is 5.62. The van der Waals surface area contributed by atoms with Crippen LogP contribution in [0.5, 0.6) is 0 Å².